The largest absolute Gasteiger partial charge is 0.383 e. The second-order valence-electron chi connectivity index (χ2n) is 5.00. The van der Waals surface area contributed by atoms with Crippen LogP contribution in [0, 0.1) is 0 Å². The van der Waals surface area contributed by atoms with Crippen molar-refractivity contribution in [1.29, 1.82) is 0 Å². The van der Waals surface area contributed by atoms with Gasteiger partial charge in [-0.15, -0.1) is 0 Å². The molecule has 1 saturated heterocycles. The lowest BCUT2D eigenvalue weighted by atomic mass is 10.1. The molecule has 0 aromatic rings. The number of methoxy groups -OCH3 is 1. The minimum Gasteiger partial charge on any atom is -0.383 e. The van der Waals surface area contributed by atoms with E-state index in [0.29, 0.717) is 19.7 Å². The predicted molar refractivity (Wildman–Crippen MR) is 72.6 cm³/mol. The van der Waals surface area contributed by atoms with E-state index < -0.39 is 0 Å². The molecule has 5 heteroatoms. The Morgan fingerprint density at radius 3 is 2.72 bits per heavy atom. The van der Waals surface area contributed by atoms with E-state index in [9.17, 15) is 4.79 Å². The molecule has 1 amide bonds. The highest BCUT2D eigenvalue weighted by molar-refractivity contribution is 5.78. The van der Waals surface area contributed by atoms with Gasteiger partial charge in [0.1, 0.15) is 0 Å². The molecular weight excluding hydrogens is 230 g/mol. The van der Waals surface area contributed by atoms with Gasteiger partial charge >= 0.3 is 0 Å². The van der Waals surface area contributed by atoms with Crippen molar-refractivity contribution in [2.75, 3.05) is 46.4 Å². The van der Waals surface area contributed by atoms with Gasteiger partial charge in [-0.25, -0.2) is 0 Å². The van der Waals surface area contributed by atoms with Gasteiger partial charge in [-0.3, -0.25) is 4.79 Å². The highest BCUT2D eigenvalue weighted by Crippen LogP contribution is 2.08. The number of nitrogens with one attached hydrogen (secondary N) is 2. The molecule has 1 unspecified atom stereocenters. The number of hydrogen-bond acceptors (Lipinski definition) is 4. The molecule has 0 radical (unpaired) electrons. The zero-order valence-electron chi connectivity index (χ0n) is 11.7. The van der Waals surface area contributed by atoms with E-state index in [1.54, 1.807) is 7.11 Å². The molecule has 0 saturated carbocycles. The Labute approximate surface area is 110 Å². The van der Waals surface area contributed by atoms with Crippen molar-refractivity contribution in [2.24, 2.45) is 0 Å². The number of carbonyl (C=O) groups is 1. The molecule has 1 heterocycles. The van der Waals surface area contributed by atoms with Crippen LogP contribution in [0.4, 0.5) is 0 Å². The van der Waals surface area contributed by atoms with Gasteiger partial charge in [0.05, 0.1) is 13.2 Å². The average molecular weight is 257 g/mol. The number of ether oxygens (including phenoxy) is 1. The molecule has 0 aliphatic carbocycles. The van der Waals surface area contributed by atoms with Crippen molar-refractivity contribution < 1.29 is 9.53 Å². The van der Waals surface area contributed by atoms with Gasteiger partial charge in [0.2, 0.25) is 5.91 Å². The van der Waals surface area contributed by atoms with E-state index >= 15 is 0 Å². The van der Waals surface area contributed by atoms with Crippen molar-refractivity contribution in [3.8, 4) is 0 Å². The normalized spacial score (nSPS) is 18.6. The van der Waals surface area contributed by atoms with Gasteiger partial charge in [-0.1, -0.05) is 6.42 Å². The number of amides is 1. The first kappa shape index (κ1) is 15.4. The Morgan fingerprint density at radius 1 is 1.33 bits per heavy atom. The van der Waals surface area contributed by atoms with Crippen molar-refractivity contribution in [1.82, 2.24) is 15.5 Å². The summed E-state index contributed by atoms with van der Waals surface area (Å²) in [5.74, 6) is 0.0654. The zero-order chi connectivity index (χ0) is 13.2. The molecule has 1 aliphatic rings. The van der Waals surface area contributed by atoms with E-state index in [2.05, 4.69) is 22.5 Å². The average Bonchev–Trinajstić information content (AvgIpc) is 2.35. The third-order valence-corrected chi connectivity index (χ3v) is 3.16. The standard InChI is InChI=1S/C13H27N3O2/c1-12(11-16-7-4-3-5-8-16)15-13(17)10-14-6-9-18-2/h12,14H,3-11H2,1-2H3,(H,15,17). The molecule has 1 atom stereocenters. The summed E-state index contributed by atoms with van der Waals surface area (Å²) < 4.78 is 4.90. The molecule has 0 spiro atoms. The molecular formula is C13H27N3O2. The van der Waals surface area contributed by atoms with Gasteiger partial charge in [0, 0.05) is 26.2 Å². The van der Waals surface area contributed by atoms with Gasteiger partial charge in [-0.2, -0.15) is 0 Å². The molecule has 0 aromatic heterocycles. The van der Waals surface area contributed by atoms with Crippen LogP contribution in [0.15, 0.2) is 0 Å². The first-order valence-corrected chi connectivity index (χ1v) is 6.93. The molecule has 0 bridgehead atoms. The van der Waals surface area contributed by atoms with Crippen LogP contribution in [0.5, 0.6) is 0 Å². The Kier molecular flexibility index (Phi) is 7.96. The molecule has 18 heavy (non-hydrogen) atoms. The van der Waals surface area contributed by atoms with E-state index in [-0.39, 0.29) is 11.9 Å². The second-order valence-corrected chi connectivity index (χ2v) is 5.00. The van der Waals surface area contributed by atoms with Crippen LogP contribution in [-0.2, 0) is 9.53 Å². The number of nitrogens with zero attached hydrogens (tertiary/aromatic N) is 1. The lowest BCUT2D eigenvalue weighted by Crippen LogP contribution is -2.46. The lowest BCUT2D eigenvalue weighted by Gasteiger charge is -2.29. The summed E-state index contributed by atoms with van der Waals surface area (Å²) in [6.45, 7) is 7.10. The number of likely N-dealkylation sites (tertiary alicyclic amines) is 1. The van der Waals surface area contributed by atoms with Crippen LogP contribution in [0.25, 0.3) is 0 Å². The summed E-state index contributed by atoms with van der Waals surface area (Å²) in [6, 6.07) is 0.222. The van der Waals surface area contributed by atoms with Crippen LogP contribution in [0.2, 0.25) is 0 Å². The number of rotatable bonds is 8. The molecule has 106 valence electrons. The maximum Gasteiger partial charge on any atom is 0.234 e. The van der Waals surface area contributed by atoms with Crippen LogP contribution < -0.4 is 10.6 Å². The fraction of sp³-hybridized carbons (Fsp3) is 0.923. The van der Waals surface area contributed by atoms with Crippen LogP contribution >= 0.6 is 0 Å². The Balaban J connectivity index is 2.06. The molecule has 1 aliphatic heterocycles. The summed E-state index contributed by atoms with van der Waals surface area (Å²) in [4.78, 5) is 14.1. The van der Waals surface area contributed by atoms with Gasteiger partial charge < -0.3 is 20.3 Å². The first-order chi connectivity index (χ1) is 8.72. The minimum atomic E-state index is 0.0654. The Hall–Kier alpha value is -0.650. The van der Waals surface area contributed by atoms with Gasteiger partial charge in [0.25, 0.3) is 0 Å². The summed E-state index contributed by atoms with van der Waals surface area (Å²) in [6.07, 6.45) is 3.93. The number of hydrogen-bond donors (Lipinski definition) is 2. The van der Waals surface area contributed by atoms with Gasteiger partial charge in [0.15, 0.2) is 0 Å². The molecule has 5 nitrogen and oxygen atoms in total. The maximum absolute atomic E-state index is 11.6. The van der Waals surface area contributed by atoms with E-state index in [0.717, 1.165) is 6.54 Å². The van der Waals surface area contributed by atoms with Crippen molar-refractivity contribution in [2.45, 2.75) is 32.2 Å². The number of carbonyl (C=O) groups excluding carboxylic acids is 1. The molecule has 2 N–H and O–H groups in total. The van der Waals surface area contributed by atoms with E-state index in [1.807, 2.05) is 0 Å². The third kappa shape index (κ3) is 6.93. The Morgan fingerprint density at radius 2 is 2.06 bits per heavy atom. The van der Waals surface area contributed by atoms with Crippen LogP contribution in [0.1, 0.15) is 26.2 Å². The minimum absolute atomic E-state index is 0.0654. The van der Waals surface area contributed by atoms with Crippen LogP contribution in [0.3, 0.4) is 0 Å². The van der Waals surface area contributed by atoms with Crippen LogP contribution in [-0.4, -0.2) is 63.3 Å². The summed E-state index contributed by atoms with van der Waals surface area (Å²) in [5, 5.41) is 6.06. The monoisotopic (exact) mass is 257 g/mol. The Bertz CT molecular complexity index is 230. The molecule has 0 aromatic carbocycles. The quantitative estimate of drug-likeness (QED) is 0.611. The summed E-state index contributed by atoms with van der Waals surface area (Å²) >= 11 is 0. The predicted octanol–water partition coefficient (Wildman–Crippen LogP) is 0.213. The van der Waals surface area contributed by atoms with E-state index in [1.165, 1.54) is 32.4 Å². The fourth-order valence-electron chi connectivity index (χ4n) is 2.28. The van der Waals surface area contributed by atoms with Crippen molar-refractivity contribution in [3.05, 3.63) is 0 Å². The van der Waals surface area contributed by atoms with Crippen molar-refractivity contribution >= 4 is 5.91 Å². The topological polar surface area (TPSA) is 53.6 Å². The number of piperidine rings is 1. The zero-order valence-corrected chi connectivity index (χ0v) is 11.7. The SMILES string of the molecule is COCCNCC(=O)NC(C)CN1CCCCC1. The summed E-state index contributed by atoms with van der Waals surface area (Å²) in [7, 11) is 1.66. The fourth-order valence-corrected chi connectivity index (χ4v) is 2.28. The first-order valence-electron chi connectivity index (χ1n) is 6.93. The molecule has 1 rings (SSSR count). The molecule has 1 fully saturated rings. The smallest absolute Gasteiger partial charge is 0.234 e. The maximum atomic E-state index is 11.6. The highest BCUT2D eigenvalue weighted by Gasteiger charge is 2.14. The lowest BCUT2D eigenvalue weighted by molar-refractivity contribution is -0.121. The van der Waals surface area contributed by atoms with Gasteiger partial charge in [-0.05, 0) is 32.9 Å². The summed E-state index contributed by atoms with van der Waals surface area (Å²) in [5.41, 5.74) is 0. The third-order valence-electron chi connectivity index (χ3n) is 3.16. The second kappa shape index (κ2) is 9.30. The highest BCUT2D eigenvalue weighted by atomic mass is 16.5. The van der Waals surface area contributed by atoms with Crippen molar-refractivity contribution in [3.63, 3.8) is 0 Å². The van der Waals surface area contributed by atoms with E-state index in [4.69, 9.17) is 4.74 Å².